The van der Waals surface area contributed by atoms with Crippen LogP contribution in [-0.4, -0.2) is 21.8 Å². The van der Waals surface area contributed by atoms with Crippen LogP contribution in [0.2, 0.25) is 5.02 Å². The number of nitrogens with one attached hydrogen (secondary N) is 1. The van der Waals surface area contributed by atoms with Gasteiger partial charge in [0.05, 0.1) is 5.56 Å². The summed E-state index contributed by atoms with van der Waals surface area (Å²) in [6, 6.07) is 10.2. The molecule has 0 saturated carbocycles. The van der Waals surface area contributed by atoms with Gasteiger partial charge in [-0.25, -0.2) is 9.18 Å². The molecule has 6 nitrogen and oxygen atoms in total. The van der Waals surface area contributed by atoms with Crippen molar-refractivity contribution in [2.75, 3.05) is 0 Å². The second-order valence-electron chi connectivity index (χ2n) is 7.50. The molecular formula is C21H21ClFN3O3. The predicted octanol–water partition coefficient (Wildman–Crippen LogP) is 5.53. The first-order chi connectivity index (χ1) is 13.6. The van der Waals surface area contributed by atoms with Crippen LogP contribution in [0.15, 0.2) is 40.9 Å². The van der Waals surface area contributed by atoms with Crippen molar-refractivity contribution in [3.05, 3.63) is 58.7 Å². The van der Waals surface area contributed by atoms with Crippen molar-refractivity contribution < 1.29 is 18.4 Å². The number of amides is 1. The summed E-state index contributed by atoms with van der Waals surface area (Å²) in [5.41, 5.74) is 1.78. The minimum atomic E-state index is -0.561. The van der Waals surface area contributed by atoms with Gasteiger partial charge < -0.3 is 14.6 Å². The summed E-state index contributed by atoms with van der Waals surface area (Å²) in [5.74, 6) is -0.0461. The maximum atomic E-state index is 14.6. The van der Waals surface area contributed by atoms with Gasteiger partial charge in [-0.3, -0.25) is 0 Å². The molecule has 1 amide bonds. The molecule has 0 radical (unpaired) electrons. The van der Waals surface area contributed by atoms with Crippen molar-refractivity contribution in [1.29, 1.82) is 0 Å². The van der Waals surface area contributed by atoms with E-state index in [2.05, 4.69) is 15.5 Å². The second-order valence-corrected chi connectivity index (χ2v) is 7.94. The molecule has 0 saturated heterocycles. The highest BCUT2D eigenvalue weighted by Crippen LogP contribution is 2.35. The van der Waals surface area contributed by atoms with Gasteiger partial charge in [0, 0.05) is 18.5 Å². The Morgan fingerprint density at radius 2 is 1.93 bits per heavy atom. The Morgan fingerprint density at radius 3 is 2.52 bits per heavy atom. The van der Waals surface area contributed by atoms with Gasteiger partial charge in [0.25, 0.3) is 0 Å². The molecule has 0 unspecified atom stereocenters. The molecule has 0 aliphatic carbocycles. The van der Waals surface area contributed by atoms with Crippen molar-refractivity contribution in [2.24, 2.45) is 0 Å². The number of nitrogens with zero attached hydrogens (tertiary/aromatic N) is 2. The molecular weight excluding hydrogens is 397 g/mol. The topological polar surface area (TPSA) is 77.2 Å². The van der Waals surface area contributed by atoms with E-state index in [4.69, 9.17) is 20.9 Å². The fraction of sp³-hybridized carbons (Fsp3) is 0.286. The summed E-state index contributed by atoms with van der Waals surface area (Å²) < 4.78 is 24.9. The lowest BCUT2D eigenvalue weighted by Crippen LogP contribution is -2.32. The van der Waals surface area contributed by atoms with E-state index in [-0.39, 0.29) is 16.4 Å². The maximum absolute atomic E-state index is 14.6. The van der Waals surface area contributed by atoms with E-state index in [1.807, 2.05) is 24.3 Å². The summed E-state index contributed by atoms with van der Waals surface area (Å²) in [4.78, 5) is 15.9. The maximum Gasteiger partial charge on any atom is 0.407 e. The molecule has 1 aromatic heterocycles. The molecule has 0 atom stereocenters. The van der Waals surface area contributed by atoms with Crippen molar-refractivity contribution in [1.82, 2.24) is 15.5 Å². The molecule has 1 N–H and O–H groups in total. The first-order valence-corrected chi connectivity index (χ1v) is 9.36. The zero-order chi connectivity index (χ0) is 21.2. The Labute approximate surface area is 173 Å². The highest BCUT2D eigenvalue weighted by molar-refractivity contribution is 6.31. The Morgan fingerprint density at radius 1 is 1.24 bits per heavy atom. The number of aromatic nitrogens is 2. The summed E-state index contributed by atoms with van der Waals surface area (Å²) in [6.07, 6.45) is -0.492. The van der Waals surface area contributed by atoms with Crippen LogP contribution in [0.5, 0.6) is 0 Å². The predicted molar refractivity (Wildman–Crippen MR) is 108 cm³/mol. The molecule has 1 heterocycles. The van der Waals surface area contributed by atoms with Crippen LogP contribution < -0.4 is 5.32 Å². The number of carbonyl (C=O) groups is 1. The molecule has 0 spiro atoms. The number of aryl methyl sites for hydroxylation is 1. The van der Waals surface area contributed by atoms with Crippen LogP contribution in [0.25, 0.3) is 22.5 Å². The van der Waals surface area contributed by atoms with Gasteiger partial charge in [-0.05, 0) is 49.6 Å². The van der Waals surface area contributed by atoms with Crippen LogP contribution in [0.3, 0.4) is 0 Å². The van der Waals surface area contributed by atoms with Crippen LogP contribution in [0.1, 0.15) is 32.2 Å². The van der Waals surface area contributed by atoms with Gasteiger partial charge >= 0.3 is 6.09 Å². The zero-order valence-electron chi connectivity index (χ0n) is 16.5. The van der Waals surface area contributed by atoms with Gasteiger partial charge in [-0.15, -0.1) is 0 Å². The molecule has 0 aliphatic heterocycles. The third-order valence-corrected chi connectivity index (χ3v) is 4.13. The highest BCUT2D eigenvalue weighted by atomic mass is 35.5. The van der Waals surface area contributed by atoms with Crippen molar-refractivity contribution in [3.63, 3.8) is 0 Å². The van der Waals surface area contributed by atoms with Crippen LogP contribution in [0, 0.1) is 12.7 Å². The molecule has 0 bridgehead atoms. The molecule has 2 aromatic carbocycles. The monoisotopic (exact) mass is 417 g/mol. The minimum Gasteiger partial charge on any atom is -0.444 e. The molecule has 8 heteroatoms. The van der Waals surface area contributed by atoms with Gasteiger partial charge in [0.1, 0.15) is 11.4 Å². The van der Waals surface area contributed by atoms with Crippen molar-refractivity contribution in [3.8, 4) is 22.5 Å². The number of hydrogen-bond donors (Lipinski definition) is 1. The standard InChI is InChI=1S/C21H21ClFN3O3/c1-12-25-19(26-29-12)18-16(9-15(22)10-17(18)23)14-7-5-13(6-8-14)11-24-20(27)28-21(2,3)4/h5-10H,11H2,1-4H3,(H,24,27). The molecule has 3 rings (SSSR count). The summed E-state index contributed by atoms with van der Waals surface area (Å²) in [5, 5.41) is 6.79. The third-order valence-electron chi connectivity index (χ3n) is 3.91. The molecule has 0 aliphatic rings. The van der Waals surface area contributed by atoms with Crippen LogP contribution in [-0.2, 0) is 11.3 Å². The summed E-state index contributed by atoms with van der Waals surface area (Å²) in [6.45, 7) is 7.34. The summed E-state index contributed by atoms with van der Waals surface area (Å²) in [7, 11) is 0. The lowest BCUT2D eigenvalue weighted by atomic mass is 9.97. The number of benzene rings is 2. The van der Waals surface area contributed by atoms with E-state index in [1.54, 1.807) is 33.8 Å². The Balaban J connectivity index is 1.84. The number of alkyl carbamates (subject to hydrolysis) is 1. The number of hydrogen-bond acceptors (Lipinski definition) is 5. The van der Waals surface area contributed by atoms with Gasteiger partial charge in [-0.1, -0.05) is 41.0 Å². The molecule has 0 fully saturated rings. The highest BCUT2D eigenvalue weighted by Gasteiger charge is 2.19. The quantitative estimate of drug-likeness (QED) is 0.604. The van der Waals surface area contributed by atoms with E-state index in [0.717, 1.165) is 11.1 Å². The van der Waals surface area contributed by atoms with E-state index < -0.39 is 17.5 Å². The first kappa shape index (κ1) is 20.8. The van der Waals surface area contributed by atoms with E-state index in [1.165, 1.54) is 6.07 Å². The zero-order valence-corrected chi connectivity index (χ0v) is 17.3. The molecule has 152 valence electrons. The first-order valence-electron chi connectivity index (χ1n) is 8.98. The number of halogens is 2. The van der Waals surface area contributed by atoms with Gasteiger partial charge in [0.15, 0.2) is 0 Å². The SMILES string of the molecule is Cc1nc(-c2c(F)cc(Cl)cc2-c2ccc(CNC(=O)OC(C)(C)C)cc2)no1. The van der Waals surface area contributed by atoms with E-state index in [9.17, 15) is 9.18 Å². The van der Waals surface area contributed by atoms with E-state index in [0.29, 0.717) is 18.0 Å². The largest absolute Gasteiger partial charge is 0.444 e. The second kappa shape index (κ2) is 8.21. The summed E-state index contributed by atoms with van der Waals surface area (Å²) >= 11 is 6.07. The Hall–Kier alpha value is -2.93. The Bertz CT molecular complexity index is 1030. The average Bonchev–Trinajstić information content (AvgIpc) is 3.04. The lowest BCUT2D eigenvalue weighted by molar-refractivity contribution is 0.0523. The van der Waals surface area contributed by atoms with Crippen molar-refractivity contribution >= 4 is 17.7 Å². The van der Waals surface area contributed by atoms with E-state index >= 15 is 0 Å². The Kier molecular flexibility index (Phi) is 5.88. The fourth-order valence-corrected chi connectivity index (χ4v) is 2.92. The molecule has 29 heavy (non-hydrogen) atoms. The van der Waals surface area contributed by atoms with Crippen molar-refractivity contribution in [2.45, 2.75) is 39.8 Å². The van der Waals surface area contributed by atoms with Gasteiger partial charge in [0.2, 0.25) is 11.7 Å². The number of rotatable bonds is 4. The number of carbonyl (C=O) groups excluding carboxylic acids is 1. The normalized spacial score (nSPS) is 11.4. The van der Waals surface area contributed by atoms with Gasteiger partial charge in [-0.2, -0.15) is 4.98 Å². The number of ether oxygens (including phenoxy) is 1. The minimum absolute atomic E-state index is 0.155. The van der Waals surface area contributed by atoms with Crippen LogP contribution in [0.4, 0.5) is 9.18 Å². The molecule has 3 aromatic rings. The lowest BCUT2D eigenvalue weighted by Gasteiger charge is -2.19. The average molecular weight is 418 g/mol. The fourth-order valence-electron chi connectivity index (χ4n) is 2.72. The third kappa shape index (κ3) is 5.32. The van der Waals surface area contributed by atoms with Crippen LogP contribution >= 0.6 is 11.6 Å². The smallest absolute Gasteiger partial charge is 0.407 e.